The molecule has 0 saturated heterocycles. The van der Waals surface area contributed by atoms with E-state index in [2.05, 4.69) is 33.9 Å². The highest BCUT2D eigenvalue weighted by Gasteiger charge is 2.37. The van der Waals surface area contributed by atoms with Gasteiger partial charge in [0.1, 0.15) is 0 Å². The Hall–Kier alpha value is -0.483. The zero-order chi connectivity index (χ0) is 14.6. The van der Waals surface area contributed by atoms with Gasteiger partial charge >= 0.3 is 0 Å². The van der Waals surface area contributed by atoms with E-state index in [1.165, 1.54) is 0 Å². The molecule has 18 heavy (non-hydrogen) atoms. The number of ketones is 2. The molecule has 0 spiro atoms. The molecule has 0 aromatic heterocycles. The third-order valence-electron chi connectivity index (χ3n) is 3.50. The fourth-order valence-corrected chi connectivity index (χ4v) is 2.28. The SMILES string of the molecule is CC(C)CC(=O)C(=O)CCO[Si](C)(C)C(C)(C)C. The Bertz CT molecular complexity index is 301. The van der Waals surface area contributed by atoms with Crippen molar-refractivity contribution in [3.8, 4) is 0 Å². The van der Waals surface area contributed by atoms with E-state index in [1.54, 1.807) is 0 Å². The van der Waals surface area contributed by atoms with Gasteiger partial charge in [0, 0.05) is 19.4 Å². The highest BCUT2D eigenvalue weighted by atomic mass is 28.4. The molecule has 0 fully saturated rings. The Morgan fingerprint density at radius 1 is 1.11 bits per heavy atom. The van der Waals surface area contributed by atoms with Crippen molar-refractivity contribution in [2.75, 3.05) is 6.61 Å². The van der Waals surface area contributed by atoms with E-state index in [0.29, 0.717) is 13.0 Å². The summed E-state index contributed by atoms with van der Waals surface area (Å²) in [6.07, 6.45) is 0.566. The van der Waals surface area contributed by atoms with E-state index >= 15 is 0 Å². The van der Waals surface area contributed by atoms with Crippen molar-refractivity contribution in [3.05, 3.63) is 0 Å². The van der Waals surface area contributed by atoms with Gasteiger partial charge in [0.25, 0.3) is 0 Å². The average Bonchev–Trinajstić information content (AvgIpc) is 2.14. The minimum absolute atomic E-state index is 0.137. The topological polar surface area (TPSA) is 43.4 Å². The van der Waals surface area contributed by atoms with Crippen LogP contribution in [-0.2, 0) is 14.0 Å². The highest BCUT2D eigenvalue weighted by Crippen LogP contribution is 2.36. The second kappa shape index (κ2) is 6.62. The van der Waals surface area contributed by atoms with Crippen LogP contribution >= 0.6 is 0 Å². The molecule has 0 unspecified atom stereocenters. The van der Waals surface area contributed by atoms with Gasteiger partial charge in [0.2, 0.25) is 5.78 Å². The minimum atomic E-state index is -1.80. The van der Waals surface area contributed by atoms with Gasteiger partial charge in [-0.15, -0.1) is 0 Å². The van der Waals surface area contributed by atoms with Crippen LogP contribution in [0, 0.1) is 5.92 Å². The van der Waals surface area contributed by atoms with E-state index in [4.69, 9.17) is 4.43 Å². The quantitative estimate of drug-likeness (QED) is 0.525. The maximum atomic E-state index is 11.6. The van der Waals surface area contributed by atoms with E-state index in [0.717, 1.165) is 0 Å². The summed E-state index contributed by atoms with van der Waals surface area (Å²) in [6, 6.07) is 0. The first-order chi connectivity index (χ1) is 7.97. The lowest BCUT2D eigenvalue weighted by atomic mass is 10.0. The van der Waals surface area contributed by atoms with Gasteiger partial charge in [-0.05, 0) is 24.1 Å². The highest BCUT2D eigenvalue weighted by molar-refractivity contribution is 6.74. The molecular formula is C14H28O3Si. The zero-order valence-electron chi connectivity index (χ0n) is 12.9. The van der Waals surface area contributed by atoms with Gasteiger partial charge in [0.05, 0.1) is 0 Å². The van der Waals surface area contributed by atoms with Crippen molar-refractivity contribution in [3.63, 3.8) is 0 Å². The van der Waals surface area contributed by atoms with Gasteiger partial charge in [0.15, 0.2) is 14.1 Å². The molecule has 4 heteroatoms. The molecule has 0 heterocycles. The standard InChI is InChI=1S/C14H28O3Si/c1-11(2)10-13(16)12(15)8-9-17-18(6,7)14(3,4)5/h11H,8-10H2,1-7H3. The third kappa shape index (κ3) is 5.91. The largest absolute Gasteiger partial charge is 0.416 e. The summed E-state index contributed by atoms with van der Waals surface area (Å²) in [5.74, 6) is -0.311. The summed E-state index contributed by atoms with van der Waals surface area (Å²) in [4.78, 5) is 23.1. The maximum Gasteiger partial charge on any atom is 0.200 e. The van der Waals surface area contributed by atoms with Gasteiger partial charge in [-0.1, -0.05) is 34.6 Å². The van der Waals surface area contributed by atoms with E-state index in [9.17, 15) is 9.59 Å². The lowest BCUT2D eigenvalue weighted by molar-refractivity contribution is -0.137. The molecule has 0 aliphatic heterocycles. The van der Waals surface area contributed by atoms with Crippen LogP contribution in [0.4, 0.5) is 0 Å². The first-order valence-electron chi connectivity index (χ1n) is 6.67. The van der Waals surface area contributed by atoms with Crippen molar-refractivity contribution >= 4 is 19.9 Å². The van der Waals surface area contributed by atoms with Crippen molar-refractivity contribution in [2.24, 2.45) is 5.92 Å². The molecule has 0 amide bonds. The Kier molecular flexibility index (Phi) is 6.44. The lowest BCUT2D eigenvalue weighted by Gasteiger charge is -2.36. The molecule has 0 aromatic rings. The summed E-state index contributed by atoms with van der Waals surface area (Å²) in [5.41, 5.74) is 0. The van der Waals surface area contributed by atoms with Gasteiger partial charge in [-0.3, -0.25) is 9.59 Å². The van der Waals surface area contributed by atoms with E-state index in [1.807, 2.05) is 13.8 Å². The number of Topliss-reactive ketones (excluding diaryl/α,β-unsaturated/α-hetero) is 2. The predicted molar refractivity (Wildman–Crippen MR) is 77.2 cm³/mol. The van der Waals surface area contributed by atoms with Gasteiger partial charge in [-0.2, -0.15) is 0 Å². The fourth-order valence-electron chi connectivity index (χ4n) is 1.24. The Morgan fingerprint density at radius 2 is 1.61 bits per heavy atom. The first kappa shape index (κ1) is 17.5. The second-order valence-electron chi connectivity index (χ2n) is 6.80. The van der Waals surface area contributed by atoms with E-state index < -0.39 is 8.32 Å². The van der Waals surface area contributed by atoms with Crippen LogP contribution in [-0.4, -0.2) is 26.5 Å². The van der Waals surface area contributed by atoms with Crippen LogP contribution in [0.3, 0.4) is 0 Å². The number of hydrogen-bond acceptors (Lipinski definition) is 3. The molecule has 0 aromatic carbocycles. The molecule has 3 nitrogen and oxygen atoms in total. The van der Waals surface area contributed by atoms with Crippen molar-refractivity contribution < 1.29 is 14.0 Å². The van der Waals surface area contributed by atoms with Crippen molar-refractivity contribution in [1.82, 2.24) is 0 Å². The monoisotopic (exact) mass is 272 g/mol. The Labute approximate surface area is 112 Å². The van der Waals surface area contributed by atoms with Crippen LogP contribution in [0.5, 0.6) is 0 Å². The molecule has 106 valence electrons. The summed E-state index contributed by atoms with van der Waals surface area (Å²) in [7, 11) is -1.80. The summed E-state index contributed by atoms with van der Waals surface area (Å²) < 4.78 is 5.89. The Morgan fingerprint density at radius 3 is 2.00 bits per heavy atom. The molecule has 0 aliphatic rings. The van der Waals surface area contributed by atoms with Crippen LogP contribution < -0.4 is 0 Å². The Balaban J connectivity index is 4.13. The zero-order valence-corrected chi connectivity index (χ0v) is 13.9. The number of carbonyl (C=O) groups excluding carboxylic acids is 2. The average molecular weight is 272 g/mol. The second-order valence-corrected chi connectivity index (χ2v) is 11.6. The molecule has 0 N–H and O–H groups in total. The third-order valence-corrected chi connectivity index (χ3v) is 8.04. The first-order valence-corrected chi connectivity index (χ1v) is 9.58. The number of carbonyl (C=O) groups is 2. The molecule has 0 atom stereocenters. The van der Waals surface area contributed by atoms with Crippen LogP contribution in [0.25, 0.3) is 0 Å². The fraction of sp³-hybridized carbons (Fsp3) is 0.857. The smallest absolute Gasteiger partial charge is 0.200 e. The van der Waals surface area contributed by atoms with E-state index in [-0.39, 0.29) is 28.9 Å². The molecule has 0 aliphatic carbocycles. The van der Waals surface area contributed by atoms with Crippen molar-refractivity contribution in [1.29, 1.82) is 0 Å². The van der Waals surface area contributed by atoms with Crippen LogP contribution in [0.1, 0.15) is 47.5 Å². The predicted octanol–water partition coefficient (Wildman–Crippen LogP) is 3.58. The summed E-state index contributed by atoms with van der Waals surface area (Å²) >= 11 is 0. The minimum Gasteiger partial charge on any atom is -0.416 e. The number of rotatable bonds is 7. The molecule has 0 bridgehead atoms. The van der Waals surface area contributed by atoms with Crippen molar-refractivity contribution in [2.45, 2.75) is 65.6 Å². The summed E-state index contributed by atoms with van der Waals surface area (Å²) in [5, 5.41) is 0.137. The summed E-state index contributed by atoms with van der Waals surface area (Å²) in [6.45, 7) is 15.0. The molecule has 0 rings (SSSR count). The molecule has 0 radical (unpaired) electrons. The molecule has 0 saturated carbocycles. The van der Waals surface area contributed by atoms with Crippen LogP contribution in [0.15, 0.2) is 0 Å². The van der Waals surface area contributed by atoms with Crippen LogP contribution in [0.2, 0.25) is 18.1 Å². The van der Waals surface area contributed by atoms with Gasteiger partial charge < -0.3 is 4.43 Å². The number of hydrogen-bond donors (Lipinski definition) is 0. The normalized spacial score (nSPS) is 12.9. The maximum absolute atomic E-state index is 11.6. The lowest BCUT2D eigenvalue weighted by Crippen LogP contribution is -2.41. The van der Waals surface area contributed by atoms with Gasteiger partial charge in [-0.25, -0.2) is 0 Å². The molecular weight excluding hydrogens is 244 g/mol.